The van der Waals surface area contributed by atoms with Gasteiger partial charge < -0.3 is 5.32 Å². The third-order valence-corrected chi connectivity index (χ3v) is 3.98. The summed E-state index contributed by atoms with van der Waals surface area (Å²) in [6.07, 6.45) is 1.96. The number of halogens is 1. The van der Waals surface area contributed by atoms with Gasteiger partial charge in [0.25, 0.3) is 0 Å². The molecule has 1 aliphatic heterocycles. The van der Waals surface area contributed by atoms with E-state index in [0.717, 1.165) is 45.2 Å². The van der Waals surface area contributed by atoms with Crippen LogP contribution in [0.5, 0.6) is 0 Å². The lowest BCUT2D eigenvalue weighted by atomic mass is 10.1. The number of nitrogens with one attached hydrogen (secondary N) is 1. The Bertz CT molecular complexity index is 650. The van der Waals surface area contributed by atoms with Crippen LogP contribution in [0.2, 0.25) is 0 Å². The third kappa shape index (κ3) is 2.19. The van der Waals surface area contributed by atoms with E-state index in [1.54, 1.807) is 0 Å². The van der Waals surface area contributed by atoms with E-state index < -0.39 is 0 Å². The first-order chi connectivity index (χ1) is 9.20. The number of rotatable bonds is 2. The molecule has 1 aromatic heterocycles. The minimum absolute atomic E-state index is 0.613. The molecule has 1 aromatic carbocycles. The first-order valence-corrected chi connectivity index (χ1v) is 7.42. The van der Waals surface area contributed by atoms with Gasteiger partial charge in [-0.05, 0) is 24.6 Å². The molecule has 0 aliphatic carbocycles. The molecular weight excluding hydrogens is 324 g/mol. The van der Waals surface area contributed by atoms with E-state index in [1.807, 2.05) is 12.1 Å². The van der Waals surface area contributed by atoms with Crippen molar-refractivity contribution in [2.24, 2.45) is 0 Å². The van der Waals surface area contributed by atoms with Gasteiger partial charge >= 0.3 is 0 Å². The number of benzene rings is 1. The SMILES string of the molecule is CCCc1nnc2n1-c1ccc(Br)cc1C(=S)NC2. The van der Waals surface area contributed by atoms with Crippen LogP contribution in [0.1, 0.15) is 30.6 Å². The smallest absolute Gasteiger partial charge is 0.157 e. The van der Waals surface area contributed by atoms with Crippen molar-refractivity contribution < 1.29 is 0 Å². The molecule has 0 amide bonds. The number of thiocarbonyl (C=S) groups is 1. The summed E-state index contributed by atoms with van der Waals surface area (Å²) < 4.78 is 3.14. The van der Waals surface area contributed by atoms with E-state index in [-0.39, 0.29) is 0 Å². The minimum Gasteiger partial charge on any atom is -0.368 e. The van der Waals surface area contributed by atoms with Crippen molar-refractivity contribution in [3.63, 3.8) is 0 Å². The summed E-state index contributed by atoms with van der Waals surface area (Å²) in [5.41, 5.74) is 2.07. The normalized spacial score (nSPS) is 13.5. The number of nitrogens with zero attached hydrogens (tertiary/aromatic N) is 3. The fourth-order valence-corrected chi connectivity index (χ4v) is 2.87. The highest BCUT2D eigenvalue weighted by molar-refractivity contribution is 9.10. The maximum atomic E-state index is 5.43. The average Bonchev–Trinajstić information content (AvgIpc) is 2.73. The van der Waals surface area contributed by atoms with Crippen LogP contribution >= 0.6 is 28.1 Å². The van der Waals surface area contributed by atoms with Crippen molar-refractivity contribution in [1.82, 2.24) is 20.1 Å². The average molecular weight is 337 g/mol. The fourth-order valence-electron chi connectivity index (χ4n) is 2.27. The van der Waals surface area contributed by atoms with Crippen molar-refractivity contribution >= 4 is 33.1 Å². The molecule has 98 valence electrons. The monoisotopic (exact) mass is 336 g/mol. The van der Waals surface area contributed by atoms with E-state index >= 15 is 0 Å². The van der Waals surface area contributed by atoms with Crippen molar-refractivity contribution in [2.75, 3.05) is 0 Å². The fraction of sp³-hybridized carbons (Fsp3) is 0.308. The van der Waals surface area contributed by atoms with Gasteiger partial charge in [-0.15, -0.1) is 10.2 Å². The van der Waals surface area contributed by atoms with Crippen molar-refractivity contribution in [3.05, 3.63) is 39.9 Å². The molecule has 0 saturated carbocycles. The van der Waals surface area contributed by atoms with Crippen LogP contribution in [0.15, 0.2) is 22.7 Å². The van der Waals surface area contributed by atoms with Crippen LogP contribution in [-0.4, -0.2) is 19.8 Å². The predicted octanol–water partition coefficient (Wildman–Crippen LogP) is 2.76. The maximum Gasteiger partial charge on any atom is 0.157 e. The van der Waals surface area contributed by atoms with Crippen molar-refractivity contribution in [3.8, 4) is 5.69 Å². The Balaban J connectivity index is 2.24. The molecule has 1 aliphatic rings. The maximum absolute atomic E-state index is 5.43. The molecule has 2 heterocycles. The Morgan fingerprint density at radius 2 is 2.26 bits per heavy atom. The topological polar surface area (TPSA) is 42.7 Å². The highest BCUT2D eigenvalue weighted by Crippen LogP contribution is 2.25. The Hall–Kier alpha value is -1.27. The molecule has 0 unspecified atom stereocenters. The molecule has 0 atom stereocenters. The summed E-state index contributed by atoms with van der Waals surface area (Å²) in [5.74, 6) is 1.90. The second-order valence-corrected chi connectivity index (χ2v) is 5.79. The Labute approximate surface area is 125 Å². The summed E-state index contributed by atoms with van der Waals surface area (Å²) in [6.45, 7) is 2.76. The van der Waals surface area contributed by atoms with E-state index in [0.29, 0.717) is 6.54 Å². The first kappa shape index (κ1) is 12.7. The molecule has 0 saturated heterocycles. The van der Waals surface area contributed by atoms with Gasteiger partial charge in [-0.25, -0.2) is 0 Å². The van der Waals surface area contributed by atoms with Gasteiger partial charge in [-0.2, -0.15) is 0 Å². The Morgan fingerprint density at radius 3 is 3.05 bits per heavy atom. The van der Waals surface area contributed by atoms with E-state index in [9.17, 15) is 0 Å². The molecule has 0 bridgehead atoms. The van der Waals surface area contributed by atoms with Gasteiger partial charge in [-0.1, -0.05) is 35.1 Å². The van der Waals surface area contributed by atoms with Crippen LogP contribution in [0.25, 0.3) is 5.69 Å². The molecule has 0 radical (unpaired) electrons. The number of fused-ring (bicyclic) bond motifs is 3. The zero-order valence-corrected chi connectivity index (χ0v) is 12.9. The van der Waals surface area contributed by atoms with Crippen LogP contribution in [0.4, 0.5) is 0 Å². The molecule has 3 rings (SSSR count). The zero-order valence-electron chi connectivity index (χ0n) is 10.5. The van der Waals surface area contributed by atoms with Crippen LogP contribution < -0.4 is 5.32 Å². The summed E-state index contributed by atoms with van der Waals surface area (Å²) in [4.78, 5) is 0.754. The number of aryl methyl sites for hydroxylation is 1. The molecule has 19 heavy (non-hydrogen) atoms. The first-order valence-electron chi connectivity index (χ1n) is 6.22. The van der Waals surface area contributed by atoms with E-state index in [1.165, 1.54) is 0 Å². The standard InChI is InChI=1S/C13H13BrN4S/c1-2-3-11-16-17-12-7-15-13(19)9-6-8(14)4-5-10(9)18(11)12/h4-6H,2-3,7H2,1H3,(H,15,19). The van der Waals surface area contributed by atoms with Gasteiger partial charge in [0.1, 0.15) is 10.8 Å². The summed E-state index contributed by atoms with van der Waals surface area (Å²) >= 11 is 8.93. The molecule has 0 fully saturated rings. The van der Waals surface area contributed by atoms with Gasteiger partial charge in [0.05, 0.1) is 12.2 Å². The third-order valence-electron chi connectivity index (χ3n) is 3.12. The molecule has 6 heteroatoms. The highest BCUT2D eigenvalue weighted by Gasteiger charge is 2.21. The van der Waals surface area contributed by atoms with Gasteiger partial charge in [0.15, 0.2) is 5.82 Å². The predicted molar refractivity (Wildman–Crippen MR) is 81.6 cm³/mol. The second-order valence-electron chi connectivity index (χ2n) is 4.46. The van der Waals surface area contributed by atoms with Crippen LogP contribution in [0.3, 0.4) is 0 Å². The quantitative estimate of drug-likeness (QED) is 0.856. The van der Waals surface area contributed by atoms with Crippen molar-refractivity contribution in [2.45, 2.75) is 26.3 Å². The number of hydrogen-bond acceptors (Lipinski definition) is 3. The van der Waals surface area contributed by atoms with Crippen LogP contribution in [-0.2, 0) is 13.0 Å². The minimum atomic E-state index is 0.613. The number of aromatic nitrogens is 3. The molecule has 2 aromatic rings. The summed E-state index contributed by atoms with van der Waals surface area (Å²) in [7, 11) is 0. The Kier molecular flexibility index (Phi) is 3.36. The summed E-state index contributed by atoms with van der Waals surface area (Å²) in [5, 5.41) is 11.8. The van der Waals surface area contributed by atoms with E-state index in [2.05, 4.69) is 49.0 Å². The lowest BCUT2D eigenvalue weighted by Gasteiger charge is -2.11. The van der Waals surface area contributed by atoms with Gasteiger partial charge in [0, 0.05) is 16.5 Å². The second kappa shape index (κ2) is 5.02. The molecule has 4 nitrogen and oxygen atoms in total. The largest absolute Gasteiger partial charge is 0.368 e. The lowest BCUT2D eigenvalue weighted by molar-refractivity contribution is 0.776. The van der Waals surface area contributed by atoms with Gasteiger partial charge in [0.2, 0.25) is 0 Å². The Morgan fingerprint density at radius 1 is 1.42 bits per heavy atom. The lowest BCUT2D eigenvalue weighted by Crippen LogP contribution is -2.20. The van der Waals surface area contributed by atoms with Gasteiger partial charge in [-0.3, -0.25) is 4.57 Å². The van der Waals surface area contributed by atoms with Crippen LogP contribution in [0, 0.1) is 0 Å². The molecule has 0 spiro atoms. The van der Waals surface area contributed by atoms with E-state index in [4.69, 9.17) is 12.2 Å². The van der Waals surface area contributed by atoms with Crippen molar-refractivity contribution in [1.29, 1.82) is 0 Å². The highest BCUT2D eigenvalue weighted by atomic mass is 79.9. The number of hydrogen-bond donors (Lipinski definition) is 1. The molecule has 1 N–H and O–H groups in total. The zero-order chi connectivity index (χ0) is 13.4. The molecular formula is C13H13BrN4S. The summed E-state index contributed by atoms with van der Waals surface area (Å²) in [6, 6.07) is 6.12.